The highest BCUT2D eigenvalue weighted by molar-refractivity contribution is 8.00. The molecule has 0 unspecified atom stereocenters. The van der Waals surface area contributed by atoms with Crippen LogP contribution in [0.3, 0.4) is 0 Å². The molecular weight excluding hydrogens is 600 g/mol. The lowest BCUT2D eigenvalue weighted by Crippen LogP contribution is -2.42. The zero-order chi connectivity index (χ0) is 31.2. The van der Waals surface area contributed by atoms with Crippen LogP contribution < -0.4 is 19.7 Å². The molecule has 44 heavy (non-hydrogen) atoms. The minimum atomic E-state index is -0.390. The van der Waals surface area contributed by atoms with Crippen LogP contribution in [0.4, 0.5) is 5.82 Å². The van der Waals surface area contributed by atoms with Crippen molar-refractivity contribution in [3.05, 3.63) is 88.4 Å². The molecule has 3 aromatic carbocycles. The minimum Gasteiger partial charge on any atom is -0.497 e. The highest BCUT2D eigenvalue weighted by Crippen LogP contribution is 2.51. The number of amides is 2. The predicted octanol–water partition coefficient (Wildman–Crippen LogP) is 5.84. The highest BCUT2D eigenvalue weighted by Gasteiger charge is 2.38. The summed E-state index contributed by atoms with van der Waals surface area (Å²) in [4.78, 5) is 28.8. The molecule has 0 spiro atoms. The number of carbonyl (C=O) groups excluding carboxylic acids is 2. The Kier molecular flexibility index (Phi) is 10.1. The molecule has 4 aromatic rings. The summed E-state index contributed by atoms with van der Waals surface area (Å²) in [5.41, 5.74) is 4.94. The SMILES string of the molecule is COCCCNC(=O)CN1C(=O)CS[C@@H](c2cc(OC)ccc2OC)c2c(-c3ccc(Cl)cc3)nn(-c3ccc(C)cc3)c21. The number of hydrogen-bond acceptors (Lipinski definition) is 7. The molecule has 0 saturated carbocycles. The number of anilines is 1. The van der Waals surface area contributed by atoms with Gasteiger partial charge in [0.2, 0.25) is 11.8 Å². The summed E-state index contributed by atoms with van der Waals surface area (Å²) < 4.78 is 18.3. The molecule has 1 N–H and O–H groups in total. The van der Waals surface area contributed by atoms with Gasteiger partial charge in [0.15, 0.2) is 0 Å². The molecule has 1 atom stereocenters. The first kappa shape index (κ1) is 31.4. The Bertz CT molecular complexity index is 1620. The second kappa shape index (κ2) is 14.2. The van der Waals surface area contributed by atoms with Crippen LogP contribution in [-0.4, -0.2) is 68.4 Å². The molecule has 1 aliphatic rings. The van der Waals surface area contributed by atoms with Gasteiger partial charge in [0, 0.05) is 42.0 Å². The van der Waals surface area contributed by atoms with Crippen LogP contribution in [0.2, 0.25) is 5.02 Å². The monoisotopic (exact) mass is 634 g/mol. The molecule has 5 rings (SSSR count). The van der Waals surface area contributed by atoms with Crippen molar-refractivity contribution >= 4 is 41.0 Å². The number of aromatic nitrogens is 2. The van der Waals surface area contributed by atoms with E-state index in [1.165, 1.54) is 11.8 Å². The predicted molar refractivity (Wildman–Crippen MR) is 174 cm³/mol. The van der Waals surface area contributed by atoms with Crippen LogP contribution in [0.1, 0.15) is 28.4 Å². The lowest BCUT2D eigenvalue weighted by molar-refractivity contribution is -0.122. The smallest absolute Gasteiger partial charge is 0.240 e. The quantitative estimate of drug-likeness (QED) is 0.207. The van der Waals surface area contributed by atoms with Gasteiger partial charge >= 0.3 is 0 Å². The molecule has 0 aliphatic carbocycles. The Hall–Kier alpha value is -3.99. The van der Waals surface area contributed by atoms with E-state index in [2.05, 4.69) is 5.32 Å². The number of fused-ring (bicyclic) bond motifs is 1. The number of hydrogen-bond donors (Lipinski definition) is 1. The van der Waals surface area contributed by atoms with Crippen molar-refractivity contribution in [1.29, 1.82) is 0 Å². The molecule has 1 aromatic heterocycles. The van der Waals surface area contributed by atoms with E-state index in [0.29, 0.717) is 47.6 Å². The highest BCUT2D eigenvalue weighted by atomic mass is 35.5. The van der Waals surface area contributed by atoms with Gasteiger partial charge in [-0.25, -0.2) is 4.68 Å². The lowest BCUT2D eigenvalue weighted by atomic mass is 9.98. The zero-order valence-corrected chi connectivity index (χ0v) is 26.7. The molecule has 9 nitrogen and oxygen atoms in total. The van der Waals surface area contributed by atoms with Gasteiger partial charge in [-0.2, -0.15) is 5.10 Å². The summed E-state index contributed by atoms with van der Waals surface area (Å²) in [6.07, 6.45) is 0.664. The number of aryl methyl sites for hydroxylation is 1. The van der Waals surface area contributed by atoms with E-state index in [-0.39, 0.29) is 24.1 Å². The maximum absolute atomic E-state index is 14.0. The van der Waals surface area contributed by atoms with Crippen molar-refractivity contribution in [2.45, 2.75) is 18.6 Å². The van der Waals surface area contributed by atoms with Gasteiger partial charge in [-0.1, -0.05) is 41.4 Å². The average Bonchev–Trinajstić information content (AvgIpc) is 3.36. The summed E-state index contributed by atoms with van der Waals surface area (Å²) in [5, 5.41) is 8.26. The van der Waals surface area contributed by atoms with Gasteiger partial charge in [-0.15, -0.1) is 11.8 Å². The van der Waals surface area contributed by atoms with Gasteiger partial charge in [-0.3, -0.25) is 14.5 Å². The molecular formula is C33H35ClN4O5S. The minimum absolute atomic E-state index is 0.130. The van der Waals surface area contributed by atoms with E-state index in [9.17, 15) is 9.59 Å². The van der Waals surface area contributed by atoms with Gasteiger partial charge < -0.3 is 19.5 Å². The normalized spacial score (nSPS) is 14.6. The number of thioether (sulfide) groups is 1. The molecule has 0 fully saturated rings. The third-order valence-corrected chi connectivity index (χ3v) is 8.84. The molecule has 0 saturated heterocycles. The van der Waals surface area contributed by atoms with Crippen LogP contribution >= 0.6 is 23.4 Å². The van der Waals surface area contributed by atoms with Crippen molar-refractivity contribution < 1.29 is 23.8 Å². The molecule has 0 radical (unpaired) electrons. The Morgan fingerprint density at radius 3 is 2.48 bits per heavy atom. The first-order valence-electron chi connectivity index (χ1n) is 14.2. The molecule has 230 valence electrons. The average molecular weight is 635 g/mol. The number of nitrogens with zero attached hydrogens (tertiary/aromatic N) is 3. The second-order valence-electron chi connectivity index (χ2n) is 10.3. The van der Waals surface area contributed by atoms with E-state index in [1.54, 1.807) is 30.9 Å². The maximum atomic E-state index is 14.0. The summed E-state index contributed by atoms with van der Waals surface area (Å²) >= 11 is 7.74. The number of ether oxygens (including phenoxy) is 3. The van der Waals surface area contributed by atoms with Gasteiger partial charge in [-0.05, 0) is 55.8 Å². The van der Waals surface area contributed by atoms with E-state index < -0.39 is 5.25 Å². The number of nitrogens with one attached hydrogen (secondary N) is 1. The Labute approximate surface area is 266 Å². The van der Waals surface area contributed by atoms with Crippen molar-refractivity contribution in [3.8, 4) is 28.4 Å². The second-order valence-corrected chi connectivity index (χ2v) is 11.8. The Morgan fingerprint density at radius 1 is 1.05 bits per heavy atom. The third kappa shape index (κ3) is 6.72. The fraction of sp³-hybridized carbons (Fsp3) is 0.303. The summed E-state index contributed by atoms with van der Waals surface area (Å²) in [6.45, 7) is 2.81. The fourth-order valence-corrected chi connectivity index (χ4v) is 6.48. The van der Waals surface area contributed by atoms with Gasteiger partial charge in [0.05, 0.1) is 36.6 Å². The third-order valence-electron chi connectivity index (χ3n) is 7.35. The summed E-state index contributed by atoms with van der Waals surface area (Å²) in [7, 11) is 4.85. The van der Waals surface area contributed by atoms with Crippen molar-refractivity contribution in [2.24, 2.45) is 0 Å². The molecule has 2 amide bonds. The number of methoxy groups -OCH3 is 3. The van der Waals surface area contributed by atoms with E-state index in [0.717, 1.165) is 27.9 Å². The molecule has 1 aliphatic heterocycles. The fourth-order valence-electron chi connectivity index (χ4n) is 5.14. The number of rotatable bonds is 11. The summed E-state index contributed by atoms with van der Waals surface area (Å²) in [6, 6.07) is 21.0. The topological polar surface area (TPSA) is 94.9 Å². The van der Waals surface area contributed by atoms with Crippen LogP contribution in [0.15, 0.2) is 66.7 Å². The van der Waals surface area contributed by atoms with Crippen LogP contribution in [0, 0.1) is 6.92 Å². The Balaban J connectivity index is 1.76. The first-order valence-corrected chi connectivity index (χ1v) is 15.6. The lowest BCUT2D eigenvalue weighted by Gasteiger charge is -2.24. The van der Waals surface area contributed by atoms with Crippen molar-refractivity contribution in [1.82, 2.24) is 15.1 Å². The van der Waals surface area contributed by atoms with E-state index in [1.807, 2.05) is 73.7 Å². The maximum Gasteiger partial charge on any atom is 0.240 e. The molecule has 0 bridgehead atoms. The van der Waals surface area contributed by atoms with Crippen LogP contribution in [0.5, 0.6) is 11.5 Å². The molecule has 2 heterocycles. The van der Waals surface area contributed by atoms with Crippen LogP contribution in [0.25, 0.3) is 16.9 Å². The van der Waals surface area contributed by atoms with Crippen LogP contribution in [-0.2, 0) is 14.3 Å². The number of halogens is 1. The van der Waals surface area contributed by atoms with Gasteiger partial charge in [0.25, 0.3) is 0 Å². The summed E-state index contributed by atoms with van der Waals surface area (Å²) in [5.74, 6) is 1.48. The largest absolute Gasteiger partial charge is 0.497 e. The number of carbonyl (C=O) groups is 2. The van der Waals surface area contributed by atoms with E-state index >= 15 is 0 Å². The zero-order valence-electron chi connectivity index (χ0n) is 25.1. The van der Waals surface area contributed by atoms with E-state index in [4.69, 9.17) is 30.9 Å². The Morgan fingerprint density at radius 2 is 1.80 bits per heavy atom. The first-order chi connectivity index (χ1) is 21.3. The standard InChI is InChI=1S/C33H35ClN4O5S/c1-21-6-12-24(13-7-21)38-33-30(31(36-38)22-8-10-23(34)11-9-22)32(26-18-25(42-3)14-15-27(26)43-4)44-20-29(40)37(33)19-28(39)35-16-5-17-41-2/h6-15,18,32H,5,16-17,19-20H2,1-4H3,(H,35,39)/t32-/m0/s1. The van der Waals surface area contributed by atoms with Crippen molar-refractivity contribution in [2.75, 3.05) is 51.7 Å². The molecule has 11 heteroatoms. The van der Waals surface area contributed by atoms with Crippen molar-refractivity contribution in [3.63, 3.8) is 0 Å². The number of benzene rings is 3. The van der Waals surface area contributed by atoms with Gasteiger partial charge in [0.1, 0.15) is 23.9 Å².